The Labute approximate surface area is 173 Å². The van der Waals surface area contributed by atoms with Gasteiger partial charge >= 0.3 is 6.03 Å². The van der Waals surface area contributed by atoms with Crippen LogP contribution in [0, 0.1) is 11.8 Å². The summed E-state index contributed by atoms with van der Waals surface area (Å²) in [4.78, 5) is 14.5. The summed E-state index contributed by atoms with van der Waals surface area (Å²) >= 11 is 0. The lowest BCUT2D eigenvalue weighted by molar-refractivity contribution is -0.102. The number of nitrogens with zero attached hydrogens (tertiary/aromatic N) is 1. The molecule has 2 aromatic carbocycles. The molecule has 0 bridgehead atoms. The van der Waals surface area contributed by atoms with Crippen LogP contribution < -0.4 is 5.32 Å². The Morgan fingerprint density at radius 3 is 2.00 bits per heavy atom. The molecule has 2 aromatic rings. The molecule has 4 nitrogen and oxygen atoms in total. The highest BCUT2D eigenvalue weighted by Gasteiger charge is 2.46. The van der Waals surface area contributed by atoms with Crippen molar-refractivity contribution in [3.8, 4) is 0 Å². The number of nitrogens with one attached hydrogen (secondary N) is 1. The lowest BCUT2D eigenvalue weighted by Crippen LogP contribution is -2.50. The molecule has 4 heteroatoms. The summed E-state index contributed by atoms with van der Waals surface area (Å²) in [6, 6.07) is 19.8. The van der Waals surface area contributed by atoms with E-state index in [0.29, 0.717) is 19.0 Å². The SMILES string of the molecule is O=C(Nc1ccccc1)N1CCC(C(O)(c2ccccc2)C2CCCCC2)CC1. The molecule has 1 atom stereocenters. The smallest absolute Gasteiger partial charge is 0.321 e. The second-order valence-corrected chi connectivity index (χ2v) is 8.58. The number of anilines is 1. The molecule has 1 heterocycles. The van der Waals surface area contributed by atoms with Crippen molar-refractivity contribution in [1.29, 1.82) is 0 Å². The fourth-order valence-corrected chi connectivity index (χ4v) is 5.30. The Bertz CT molecular complexity index is 781. The Hall–Kier alpha value is -2.33. The fraction of sp³-hybridized carbons (Fsp3) is 0.480. The van der Waals surface area contributed by atoms with Gasteiger partial charge < -0.3 is 15.3 Å². The Kier molecular flexibility index (Phi) is 6.19. The summed E-state index contributed by atoms with van der Waals surface area (Å²) in [7, 11) is 0. The predicted octanol–water partition coefficient (Wildman–Crippen LogP) is 5.40. The van der Waals surface area contributed by atoms with Crippen molar-refractivity contribution in [3.05, 3.63) is 66.2 Å². The molecule has 2 aliphatic rings. The highest BCUT2D eigenvalue weighted by Crippen LogP contribution is 2.47. The van der Waals surface area contributed by atoms with Crippen LogP contribution >= 0.6 is 0 Å². The number of rotatable bonds is 4. The van der Waals surface area contributed by atoms with Crippen LogP contribution in [0.1, 0.15) is 50.5 Å². The van der Waals surface area contributed by atoms with Crippen LogP contribution in [-0.2, 0) is 5.60 Å². The van der Waals surface area contributed by atoms with Crippen LogP contribution in [0.25, 0.3) is 0 Å². The molecule has 0 radical (unpaired) electrons. The molecule has 1 saturated heterocycles. The number of piperidine rings is 1. The van der Waals surface area contributed by atoms with E-state index in [-0.39, 0.29) is 11.9 Å². The third kappa shape index (κ3) is 4.32. The van der Waals surface area contributed by atoms with E-state index in [2.05, 4.69) is 17.4 Å². The quantitative estimate of drug-likeness (QED) is 0.732. The average molecular weight is 393 g/mol. The normalized spacial score (nSPS) is 20.8. The molecule has 2 fully saturated rings. The highest BCUT2D eigenvalue weighted by molar-refractivity contribution is 5.89. The van der Waals surface area contributed by atoms with E-state index in [0.717, 1.165) is 36.9 Å². The second kappa shape index (κ2) is 9.00. The zero-order chi connectivity index (χ0) is 20.1. The van der Waals surface area contributed by atoms with Gasteiger partial charge in [0.05, 0.1) is 5.60 Å². The maximum atomic E-state index is 12.6. The zero-order valence-corrected chi connectivity index (χ0v) is 17.1. The van der Waals surface area contributed by atoms with Crippen molar-refractivity contribution in [2.75, 3.05) is 18.4 Å². The number of benzene rings is 2. The molecule has 1 aliphatic carbocycles. The Balaban J connectivity index is 1.46. The van der Waals surface area contributed by atoms with Crippen LogP contribution in [0.2, 0.25) is 0 Å². The molecule has 2 amide bonds. The second-order valence-electron chi connectivity index (χ2n) is 8.58. The molecule has 29 heavy (non-hydrogen) atoms. The maximum absolute atomic E-state index is 12.6. The van der Waals surface area contributed by atoms with Gasteiger partial charge in [-0.05, 0) is 55.2 Å². The first-order valence-electron chi connectivity index (χ1n) is 11.1. The molecular weight excluding hydrogens is 360 g/mol. The number of para-hydroxylation sites is 1. The van der Waals surface area contributed by atoms with Crippen LogP contribution in [0.15, 0.2) is 60.7 Å². The number of amides is 2. The molecule has 2 N–H and O–H groups in total. The van der Waals surface area contributed by atoms with Crippen molar-refractivity contribution in [1.82, 2.24) is 4.90 Å². The van der Waals surface area contributed by atoms with Gasteiger partial charge in [-0.15, -0.1) is 0 Å². The van der Waals surface area contributed by atoms with Gasteiger partial charge in [-0.25, -0.2) is 4.79 Å². The predicted molar refractivity (Wildman–Crippen MR) is 117 cm³/mol. The number of urea groups is 1. The summed E-state index contributed by atoms with van der Waals surface area (Å²) in [5, 5.41) is 15.1. The van der Waals surface area contributed by atoms with Gasteiger partial charge in [-0.2, -0.15) is 0 Å². The van der Waals surface area contributed by atoms with Crippen molar-refractivity contribution < 1.29 is 9.90 Å². The minimum absolute atomic E-state index is 0.0458. The van der Waals surface area contributed by atoms with Crippen molar-refractivity contribution >= 4 is 11.7 Å². The minimum Gasteiger partial charge on any atom is -0.385 e. The van der Waals surface area contributed by atoms with Gasteiger partial charge in [0.2, 0.25) is 0 Å². The van der Waals surface area contributed by atoms with Gasteiger partial charge in [0.15, 0.2) is 0 Å². The average Bonchev–Trinajstić information content (AvgIpc) is 2.80. The first-order valence-corrected chi connectivity index (χ1v) is 11.1. The lowest BCUT2D eigenvalue weighted by atomic mass is 9.65. The Morgan fingerprint density at radius 2 is 1.38 bits per heavy atom. The van der Waals surface area contributed by atoms with Crippen LogP contribution in [0.3, 0.4) is 0 Å². The fourth-order valence-electron chi connectivity index (χ4n) is 5.30. The Morgan fingerprint density at radius 1 is 0.828 bits per heavy atom. The van der Waals surface area contributed by atoms with E-state index >= 15 is 0 Å². The largest absolute Gasteiger partial charge is 0.385 e. The maximum Gasteiger partial charge on any atom is 0.321 e. The summed E-state index contributed by atoms with van der Waals surface area (Å²) < 4.78 is 0. The molecular formula is C25H32N2O2. The van der Waals surface area contributed by atoms with Gasteiger partial charge in [0, 0.05) is 18.8 Å². The van der Waals surface area contributed by atoms with E-state index in [9.17, 15) is 9.90 Å². The van der Waals surface area contributed by atoms with Crippen LogP contribution in [0.4, 0.5) is 10.5 Å². The molecule has 0 spiro atoms. The molecule has 1 unspecified atom stereocenters. The molecule has 154 valence electrons. The van der Waals surface area contributed by atoms with Crippen molar-refractivity contribution in [2.24, 2.45) is 11.8 Å². The van der Waals surface area contributed by atoms with E-state index < -0.39 is 5.60 Å². The molecule has 1 aliphatic heterocycles. The molecule has 4 rings (SSSR count). The number of hydrogen-bond donors (Lipinski definition) is 2. The standard InChI is InChI=1S/C25H32N2O2/c28-24(26-23-14-8-3-9-15-23)27-18-16-22(17-19-27)25(29,20-10-4-1-5-11-20)21-12-6-2-7-13-21/h1,3-5,8-11,14-15,21-22,29H,2,6-7,12-13,16-19H2,(H,26,28). The number of likely N-dealkylation sites (tertiary alicyclic amines) is 1. The summed E-state index contributed by atoms with van der Waals surface area (Å²) in [5.74, 6) is 0.502. The van der Waals surface area contributed by atoms with Gasteiger partial charge in [0.1, 0.15) is 0 Å². The van der Waals surface area contributed by atoms with Crippen LogP contribution in [-0.4, -0.2) is 29.1 Å². The molecule has 1 saturated carbocycles. The molecule has 0 aromatic heterocycles. The summed E-state index contributed by atoms with van der Waals surface area (Å²) in [6.45, 7) is 1.37. The van der Waals surface area contributed by atoms with Gasteiger partial charge in [-0.3, -0.25) is 0 Å². The topological polar surface area (TPSA) is 52.6 Å². The summed E-state index contributed by atoms with van der Waals surface area (Å²) in [5.41, 5.74) is 1.09. The summed E-state index contributed by atoms with van der Waals surface area (Å²) in [6.07, 6.45) is 7.56. The highest BCUT2D eigenvalue weighted by atomic mass is 16.3. The van der Waals surface area contributed by atoms with Gasteiger partial charge in [-0.1, -0.05) is 67.8 Å². The number of carbonyl (C=O) groups excluding carboxylic acids is 1. The number of aliphatic hydroxyl groups is 1. The first kappa shape index (κ1) is 20.0. The minimum atomic E-state index is -0.788. The van der Waals surface area contributed by atoms with E-state index in [1.165, 1.54) is 19.3 Å². The zero-order valence-electron chi connectivity index (χ0n) is 17.1. The van der Waals surface area contributed by atoms with Crippen molar-refractivity contribution in [3.63, 3.8) is 0 Å². The van der Waals surface area contributed by atoms with Crippen LogP contribution in [0.5, 0.6) is 0 Å². The first-order chi connectivity index (χ1) is 14.2. The monoisotopic (exact) mass is 392 g/mol. The number of carbonyl (C=O) groups is 1. The van der Waals surface area contributed by atoms with Crippen molar-refractivity contribution in [2.45, 2.75) is 50.5 Å². The van der Waals surface area contributed by atoms with E-state index in [1.54, 1.807) is 0 Å². The lowest BCUT2D eigenvalue weighted by Gasteiger charge is -2.47. The van der Waals surface area contributed by atoms with E-state index in [4.69, 9.17) is 0 Å². The van der Waals surface area contributed by atoms with Gasteiger partial charge in [0.25, 0.3) is 0 Å². The third-order valence-corrected chi connectivity index (χ3v) is 6.89. The number of hydrogen-bond acceptors (Lipinski definition) is 2. The van der Waals surface area contributed by atoms with E-state index in [1.807, 2.05) is 53.4 Å². The third-order valence-electron chi connectivity index (χ3n) is 6.89.